The summed E-state index contributed by atoms with van der Waals surface area (Å²) in [6.45, 7) is 3.58. The Bertz CT molecular complexity index is 1540. The largest absolute Gasteiger partial charge is 0.324 e. The Morgan fingerprint density at radius 2 is 1.69 bits per heavy atom. The van der Waals surface area contributed by atoms with Gasteiger partial charge in [-0.05, 0) is 36.9 Å². The van der Waals surface area contributed by atoms with Gasteiger partial charge in [-0.1, -0.05) is 54.6 Å². The second-order valence-corrected chi connectivity index (χ2v) is 7.73. The fourth-order valence-corrected chi connectivity index (χ4v) is 3.97. The fourth-order valence-electron chi connectivity index (χ4n) is 3.97. The molecular weight excluding hydrogens is 402 g/mol. The summed E-state index contributed by atoms with van der Waals surface area (Å²) in [5.74, 6) is -0.323. The molecular formula is C25H21N5O2. The van der Waals surface area contributed by atoms with Gasteiger partial charge in [0.15, 0.2) is 0 Å². The van der Waals surface area contributed by atoms with E-state index in [-0.39, 0.29) is 18.0 Å². The van der Waals surface area contributed by atoms with Crippen LogP contribution in [0.15, 0.2) is 77.7 Å². The van der Waals surface area contributed by atoms with Crippen molar-refractivity contribution in [3.05, 3.63) is 94.5 Å². The Morgan fingerprint density at radius 1 is 0.938 bits per heavy atom. The van der Waals surface area contributed by atoms with E-state index in [0.717, 1.165) is 22.0 Å². The summed E-state index contributed by atoms with van der Waals surface area (Å²) in [5.41, 5.74) is 3.19. The number of hydrogen-bond donors (Lipinski definition) is 1. The molecule has 5 aromatic rings. The first-order valence-electron chi connectivity index (χ1n) is 10.3. The molecule has 1 N–H and O–H groups in total. The summed E-state index contributed by atoms with van der Waals surface area (Å²) in [7, 11) is 0. The number of carbonyl (C=O) groups is 1. The van der Waals surface area contributed by atoms with E-state index in [4.69, 9.17) is 0 Å². The summed E-state index contributed by atoms with van der Waals surface area (Å²) in [5, 5.41) is 14.3. The minimum atomic E-state index is -0.362. The molecule has 0 fully saturated rings. The molecule has 0 atom stereocenters. The predicted octanol–water partition coefficient (Wildman–Crippen LogP) is 3.99. The van der Waals surface area contributed by atoms with Crippen LogP contribution >= 0.6 is 0 Å². The Kier molecular flexibility index (Phi) is 4.78. The molecule has 0 unspecified atom stereocenters. The average Bonchev–Trinajstić information content (AvgIpc) is 3.24. The van der Waals surface area contributed by atoms with E-state index in [0.29, 0.717) is 22.3 Å². The summed E-state index contributed by atoms with van der Waals surface area (Å²) in [6, 6.07) is 21.3. The molecule has 2 aromatic heterocycles. The lowest BCUT2D eigenvalue weighted by molar-refractivity contribution is -0.117. The van der Waals surface area contributed by atoms with Crippen molar-refractivity contribution in [3.8, 4) is 5.69 Å². The van der Waals surface area contributed by atoms with Crippen LogP contribution in [0.3, 0.4) is 0 Å². The smallest absolute Gasteiger partial charge is 0.293 e. The Hall–Kier alpha value is -4.26. The first-order chi connectivity index (χ1) is 15.5. The number of aryl methyl sites for hydroxylation is 2. The van der Waals surface area contributed by atoms with Crippen molar-refractivity contribution in [1.82, 2.24) is 19.6 Å². The molecule has 0 radical (unpaired) electrons. The highest BCUT2D eigenvalue weighted by Gasteiger charge is 2.17. The van der Waals surface area contributed by atoms with Crippen molar-refractivity contribution in [3.63, 3.8) is 0 Å². The monoisotopic (exact) mass is 423 g/mol. The molecule has 0 bridgehead atoms. The van der Waals surface area contributed by atoms with Crippen LogP contribution in [-0.2, 0) is 11.3 Å². The molecule has 158 valence electrons. The number of amides is 1. The number of rotatable bonds is 4. The molecule has 2 heterocycles. The third-order valence-corrected chi connectivity index (χ3v) is 5.57. The normalized spacial score (nSPS) is 11.2. The van der Waals surface area contributed by atoms with Crippen molar-refractivity contribution in [1.29, 1.82) is 0 Å². The van der Waals surface area contributed by atoms with E-state index >= 15 is 0 Å². The minimum absolute atomic E-state index is 0.197. The summed E-state index contributed by atoms with van der Waals surface area (Å²) in [4.78, 5) is 26.1. The number of fused-ring (bicyclic) bond motifs is 2. The first kappa shape index (κ1) is 19.7. The van der Waals surface area contributed by atoms with Gasteiger partial charge in [0.25, 0.3) is 5.56 Å². The van der Waals surface area contributed by atoms with Crippen LogP contribution in [0.4, 0.5) is 5.69 Å². The SMILES string of the molecule is Cc1ccccc1-n1ncc2c(C)nn(CC(=O)Nc3cccc4ccccc34)c(=O)c21. The minimum Gasteiger partial charge on any atom is -0.324 e. The van der Waals surface area contributed by atoms with E-state index in [1.165, 1.54) is 4.68 Å². The molecule has 0 spiro atoms. The van der Waals surface area contributed by atoms with E-state index in [1.807, 2.05) is 80.6 Å². The van der Waals surface area contributed by atoms with E-state index in [1.54, 1.807) is 10.9 Å². The Morgan fingerprint density at radius 3 is 2.53 bits per heavy atom. The van der Waals surface area contributed by atoms with Gasteiger partial charge < -0.3 is 5.32 Å². The van der Waals surface area contributed by atoms with Crippen molar-refractivity contribution in [2.24, 2.45) is 0 Å². The summed E-state index contributed by atoms with van der Waals surface area (Å²) >= 11 is 0. The number of hydrogen-bond acceptors (Lipinski definition) is 4. The van der Waals surface area contributed by atoms with Gasteiger partial charge in [0.2, 0.25) is 5.91 Å². The lowest BCUT2D eigenvalue weighted by Crippen LogP contribution is -2.31. The molecule has 5 rings (SSSR count). The van der Waals surface area contributed by atoms with Crippen LogP contribution in [0.2, 0.25) is 0 Å². The standard InChI is InChI=1S/C25H21N5O2/c1-16-8-3-6-13-22(16)30-24-20(14-26-30)17(2)28-29(25(24)32)15-23(31)27-21-12-7-10-18-9-4-5-11-19(18)21/h3-14H,15H2,1-2H3,(H,27,31). The Balaban J connectivity index is 1.53. The first-order valence-corrected chi connectivity index (χ1v) is 10.3. The van der Waals surface area contributed by atoms with Crippen molar-refractivity contribution in [2.75, 3.05) is 5.32 Å². The second kappa shape index (κ2) is 7.77. The maximum atomic E-state index is 13.3. The molecule has 1 amide bonds. The summed E-state index contributed by atoms with van der Waals surface area (Å²) in [6.07, 6.45) is 1.64. The zero-order valence-electron chi connectivity index (χ0n) is 17.7. The van der Waals surface area contributed by atoms with Gasteiger partial charge in [-0.2, -0.15) is 10.2 Å². The lowest BCUT2D eigenvalue weighted by Gasteiger charge is -2.11. The number of carbonyl (C=O) groups excluding carboxylic acids is 1. The maximum Gasteiger partial charge on any atom is 0.293 e. The molecule has 3 aromatic carbocycles. The van der Waals surface area contributed by atoms with Gasteiger partial charge in [0.1, 0.15) is 12.1 Å². The van der Waals surface area contributed by atoms with Crippen LogP contribution in [-0.4, -0.2) is 25.5 Å². The highest BCUT2D eigenvalue weighted by Crippen LogP contribution is 2.23. The number of aromatic nitrogens is 4. The van der Waals surface area contributed by atoms with E-state index < -0.39 is 0 Å². The van der Waals surface area contributed by atoms with Crippen LogP contribution in [0.5, 0.6) is 0 Å². The number of para-hydroxylation sites is 1. The third kappa shape index (κ3) is 3.33. The second-order valence-electron chi connectivity index (χ2n) is 7.73. The number of nitrogens with one attached hydrogen (secondary N) is 1. The van der Waals surface area contributed by atoms with Crippen molar-refractivity contribution in [2.45, 2.75) is 20.4 Å². The highest BCUT2D eigenvalue weighted by atomic mass is 16.2. The quantitative estimate of drug-likeness (QED) is 0.474. The van der Waals surface area contributed by atoms with Gasteiger partial charge in [0, 0.05) is 16.5 Å². The van der Waals surface area contributed by atoms with Crippen LogP contribution < -0.4 is 10.9 Å². The fraction of sp³-hybridized carbons (Fsp3) is 0.120. The highest BCUT2D eigenvalue weighted by molar-refractivity contribution is 6.02. The summed E-state index contributed by atoms with van der Waals surface area (Å²) < 4.78 is 2.83. The molecule has 0 aliphatic carbocycles. The molecule has 0 saturated heterocycles. The van der Waals surface area contributed by atoms with Gasteiger partial charge in [-0.25, -0.2) is 9.36 Å². The molecule has 0 saturated carbocycles. The lowest BCUT2D eigenvalue weighted by atomic mass is 10.1. The van der Waals surface area contributed by atoms with Crippen molar-refractivity contribution < 1.29 is 4.79 Å². The molecule has 0 aliphatic rings. The third-order valence-electron chi connectivity index (χ3n) is 5.57. The van der Waals surface area contributed by atoms with Crippen LogP contribution in [0.1, 0.15) is 11.3 Å². The van der Waals surface area contributed by atoms with E-state index in [2.05, 4.69) is 15.5 Å². The van der Waals surface area contributed by atoms with Gasteiger partial charge in [-0.15, -0.1) is 0 Å². The van der Waals surface area contributed by atoms with Crippen LogP contribution in [0, 0.1) is 13.8 Å². The zero-order chi connectivity index (χ0) is 22.2. The molecule has 7 nitrogen and oxygen atoms in total. The Labute approximate surface area is 183 Å². The van der Waals surface area contributed by atoms with E-state index in [9.17, 15) is 9.59 Å². The molecule has 0 aliphatic heterocycles. The number of nitrogens with zero attached hydrogens (tertiary/aromatic N) is 4. The molecule has 32 heavy (non-hydrogen) atoms. The number of anilines is 1. The molecule has 7 heteroatoms. The maximum absolute atomic E-state index is 13.3. The number of benzene rings is 3. The van der Waals surface area contributed by atoms with Crippen molar-refractivity contribution >= 4 is 33.3 Å². The topological polar surface area (TPSA) is 81.8 Å². The van der Waals surface area contributed by atoms with Gasteiger partial charge in [0.05, 0.1) is 17.6 Å². The van der Waals surface area contributed by atoms with Gasteiger partial charge in [-0.3, -0.25) is 9.59 Å². The predicted molar refractivity (Wildman–Crippen MR) is 125 cm³/mol. The van der Waals surface area contributed by atoms with Crippen LogP contribution in [0.25, 0.3) is 27.4 Å². The zero-order valence-corrected chi connectivity index (χ0v) is 17.7. The average molecular weight is 423 g/mol. The van der Waals surface area contributed by atoms with Gasteiger partial charge >= 0.3 is 0 Å².